The molecule has 148 valence electrons. The zero-order chi connectivity index (χ0) is 18.4. The minimum atomic E-state index is -0.839. The first-order valence-corrected chi connectivity index (χ1v) is 10.5. The largest absolute Gasteiger partial charge is 0.393 e. The van der Waals surface area contributed by atoms with Crippen molar-refractivity contribution in [3.8, 4) is 0 Å². The maximum absolute atomic E-state index is 13.3. The number of nitrogens with zero attached hydrogens (tertiary/aromatic N) is 1. The molecule has 0 aromatic rings. The second-order valence-electron chi connectivity index (χ2n) is 9.26. The van der Waals surface area contributed by atoms with Gasteiger partial charge in [0.1, 0.15) is 0 Å². The summed E-state index contributed by atoms with van der Waals surface area (Å²) in [4.78, 5) is 15.3. The fourth-order valence-corrected chi connectivity index (χ4v) is 5.37. The Kier molecular flexibility index (Phi) is 5.30. The maximum atomic E-state index is 13.3. The highest BCUT2D eigenvalue weighted by Gasteiger charge is 2.50. The number of hydrogen-bond donors (Lipinski definition) is 3. The van der Waals surface area contributed by atoms with Gasteiger partial charge in [-0.05, 0) is 43.4 Å². The molecule has 0 radical (unpaired) electrons. The highest BCUT2D eigenvalue weighted by Crippen LogP contribution is 2.40. The minimum Gasteiger partial charge on any atom is -0.393 e. The van der Waals surface area contributed by atoms with Crippen molar-refractivity contribution in [1.29, 1.82) is 0 Å². The van der Waals surface area contributed by atoms with Crippen molar-refractivity contribution in [2.24, 2.45) is 35.3 Å². The van der Waals surface area contributed by atoms with E-state index < -0.39 is 24.2 Å². The lowest BCUT2D eigenvalue weighted by atomic mass is 9.75. The number of nitrogens with two attached hydrogens (primary N) is 1. The number of aliphatic hydroxyl groups is 2. The first-order valence-electron chi connectivity index (χ1n) is 10.5. The first kappa shape index (κ1) is 18.7. The van der Waals surface area contributed by atoms with E-state index in [0.29, 0.717) is 30.9 Å². The molecule has 0 bridgehead atoms. The molecule has 8 unspecified atom stereocenters. The van der Waals surface area contributed by atoms with E-state index in [-0.39, 0.29) is 24.3 Å². The number of ether oxygens (including phenoxy) is 1. The average Bonchev–Trinajstić information content (AvgIpc) is 3.32. The van der Waals surface area contributed by atoms with E-state index in [1.54, 1.807) is 0 Å². The van der Waals surface area contributed by atoms with Crippen LogP contribution in [0.5, 0.6) is 0 Å². The van der Waals surface area contributed by atoms with Gasteiger partial charge >= 0.3 is 0 Å². The summed E-state index contributed by atoms with van der Waals surface area (Å²) in [6.07, 6.45) is 4.09. The zero-order valence-electron chi connectivity index (χ0n) is 15.8. The van der Waals surface area contributed by atoms with Crippen LogP contribution in [-0.2, 0) is 9.53 Å². The Labute approximate surface area is 156 Å². The van der Waals surface area contributed by atoms with Crippen LogP contribution in [0.4, 0.5) is 0 Å². The van der Waals surface area contributed by atoms with Gasteiger partial charge in [0, 0.05) is 38.1 Å². The summed E-state index contributed by atoms with van der Waals surface area (Å²) in [5, 5.41) is 20.9. The SMILES string of the molecule is CC1C(O)CC(O)C(C(=O)N2CC3CCCC(N)C3C2)C1OCC1CC1. The Hall–Kier alpha value is -0.690. The number of amides is 1. The molecule has 3 saturated carbocycles. The van der Waals surface area contributed by atoms with Gasteiger partial charge < -0.3 is 25.6 Å². The summed E-state index contributed by atoms with van der Waals surface area (Å²) < 4.78 is 6.10. The van der Waals surface area contributed by atoms with E-state index in [1.165, 1.54) is 12.8 Å². The molecule has 6 heteroatoms. The molecule has 1 aliphatic heterocycles. The second-order valence-corrected chi connectivity index (χ2v) is 9.26. The van der Waals surface area contributed by atoms with Gasteiger partial charge in [0.15, 0.2) is 0 Å². The number of fused-ring (bicyclic) bond motifs is 1. The molecule has 1 amide bonds. The van der Waals surface area contributed by atoms with Gasteiger partial charge in [-0.2, -0.15) is 0 Å². The molecule has 6 nitrogen and oxygen atoms in total. The Morgan fingerprint density at radius 2 is 1.92 bits per heavy atom. The molecule has 1 heterocycles. The van der Waals surface area contributed by atoms with E-state index in [2.05, 4.69) is 0 Å². The summed E-state index contributed by atoms with van der Waals surface area (Å²) in [5.74, 6) is 0.766. The fourth-order valence-electron chi connectivity index (χ4n) is 5.37. The molecule has 0 aromatic heterocycles. The third-order valence-electron chi connectivity index (χ3n) is 7.35. The number of rotatable bonds is 4. The van der Waals surface area contributed by atoms with Crippen LogP contribution in [0.2, 0.25) is 0 Å². The van der Waals surface area contributed by atoms with Gasteiger partial charge in [0.05, 0.1) is 24.2 Å². The highest BCUT2D eigenvalue weighted by atomic mass is 16.5. The van der Waals surface area contributed by atoms with Crippen LogP contribution in [0.1, 0.15) is 45.4 Å². The topological polar surface area (TPSA) is 96.0 Å². The van der Waals surface area contributed by atoms with Gasteiger partial charge in [-0.25, -0.2) is 0 Å². The van der Waals surface area contributed by atoms with Gasteiger partial charge in [-0.3, -0.25) is 4.79 Å². The van der Waals surface area contributed by atoms with Crippen LogP contribution in [0.3, 0.4) is 0 Å². The molecular weight excluding hydrogens is 332 g/mol. The van der Waals surface area contributed by atoms with E-state index in [9.17, 15) is 15.0 Å². The molecule has 8 atom stereocenters. The normalized spacial score (nSPS) is 46.2. The summed E-state index contributed by atoms with van der Waals surface area (Å²) in [5.41, 5.74) is 6.30. The quantitative estimate of drug-likeness (QED) is 0.682. The molecule has 4 aliphatic rings. The van der Waals surface area contributed by atoms with Crippen molar-refractivity contribution in [3.63, 3.8) is 0 Å². The van der Waals surface area contributed by atoms with Crippen molar-refractivity contribution >= 4 is 5.91 Å². The van der Waals surface area contributed by atoms with Gasteiger partial charge in [0.2, 0.25) is 5.91 Å². The molecular formula is C20H34N2O4. The van der Waals surface area contributed by atoms with Crippen LogP contribution >= 0.6 is 0 Å². The monoisotopic (exact) mass is 366 g/mol. The molecule has 0 spiro atoms. The lowest BCUT2D eigenvalue weighted by molar-refractivity contribution is -0.167. The first-order chi connectivity index (χ1) is 12.5. The standard InChI is InChI=1S/C20H34N2O4/c1-11-16(23)7-17(24)18(19(11)26-10-12-5-6-12)20(25)22-8-13-3-2-4-15(21)14(13)9-22/h11-19,23-24H,2-10,21H2,1H3. The van der Waals surface area contributed by atoms with Gasteiger partial charge in [-0.1, -0.05) is 13.3 Å². The molecule has 26 heavy (non-hydrogen) atoms. The second kappa shape index (κ2) is 7.38. The highest BCUT2D eigenvalue weighted by molar-refractivity contribution is 5.80. The number of likely N-dealkylation sites (tertiary alicyclic amines) is 1. The molecule has 4 rings (SSSR count). The van der Waals surface area contributed by atoms with Crippen LogP contribution in [0.15, 0.2) is 0 Å². The Morgan fingerprint density at radius 1 is 1.15 bits per heavy atom. The average molecular weight is 367 g/mol. The third kappa shape index (κ3) is 3.53. The van der Waals surface area contributed by atoms with Crippen molar-refractivity contribution < 1.29 is 19.7 Å². The van der Waals surface area contributed by atoms with Gasteiger partial charge in [-0.15, -0.1) is 0 Å². The smallest absolute Gasteiger partial charge is 0.230 e. The molecule has 4 fully saturated rings. The van der Waals surface area contributed by atoms with Crippen molar-refractivity contribution in [2.75, 3.05) is 19.7 Å². The Bertz CT molecular complexity index is 526. The van der Waals surface area contributed by atoms with Crippen molar-refractivity contribution in [3.05, 3.63) is 0 Å². The van der Waals surface area contributed by atoms with Crippen molar-refractivity contribution in [2.45, 2.75) is 69.8 Å². The van der Waals surface area contributed by atoms with Crippen LogP contribution < -0.4 is 5.73 Å². The maximum Gasteiger partial charge on any atom is 0.230 e. The van der Waals surface area contributed by atoms with E-state index in [0.717, 1.165) is 25.8 Å². The van der Waals surface area contributed by atoms with Crippen molar-refractivity contribution in [1.82, 2.24) is 4.90 Å². The minimum absolute atomic E-state index is 0.00125. The number of hydrogen-bond acceptors (Lipinski definition) is 5. The van der Waals surface area contributed by atoms with Crippen LogP contribution in [0.25, 0.3) is 0 Å². The fraction of sp³-hybridized carbons (Fsp3) is 0.950. The summed E-state index contributed by atoms with van der Waals surface area (Å²) in [6, 6.07) is 0.186. The van der Waals surface area contributed by atoms with E-state index in [1.807, 2.05) is 11.8 Å². The molecule has 1 saturated heterocycles. The molecule has 4 N–H and O–H groups in total. The molecule has 0 aromatic carbocycles. The molecule has 3 aliphatic carbocycles. The third-order valence-corrected chi connectivity index (χ3v) is 7.35. The van der Waals surface area contributed by atoms with Crippen LogP contribution in [0, 0.1) is 29.6 Å². The number of aliphatic hydroxyl groups excluding tert-OH is 2. The van der Waals surface area contributed by atoms with Crippen LogP contribution in [-0.4, -0.2) is 65.1 Å². The predicted molar refractivity (Wildman–Crippen MR) is 97.1 cm³/mol. The lowest BCUT2D eigenvalue weighted by Gasteiger charge is -2.42. The Morgan fingerprint density at radius 3 is 2.62 bits per heavy atom. The summed E-state index contributed by atoms with van der Waals surface area (Å²) in [7, 11) is 0. The summed E-state index contributed by atoms with van der Waals surface area (Å²) >= 11 is 0. The predicted octanol–water partition coefficient (Wildman–Crippen LogP) is 0.745. The summed E-state index contributed by atoms with van der Waals surface area (Å²) in [6.45, 7) is 4.04. The Balaban J connectivity index is 1.48. The number of carbonyl (C=O) groups is 1. The number of carbonyl (C=O) groups excluding carboxylic acids is 1. The lowest BCUT2D eigenvalue weighted by Crippen LogP contribution is -2.55. The zero-order valence-corrected chi connectivity index (χ0v) is 15.8. The van der Waals surface area contributed by atoms with E-state index in [4.69, 9.17) is 10.5 Å². The van der Waals surface area contributed by atoms with Gasteiger partial charge in [0.25, 0.3) is 0 Å². The van der Waals surface area contributed by atoms with E-state index >= 15 is 0 Å².